The predicted octanol–water partition coefficient (Wildman–Crippen LogP) is 3.12. The number of carbonyl (C=O) groups excluding carboxylic acids is 1. The second kappa shape index (κ2) is 6.75. The molecule has 1 N–H and O–H groups in total. The molecular formula is C17H19NO2. The monoisotopic (exact) mass is 269 g/mol. The number of para-hydroxylation sites is 1. The molecule has 0 saturated carbocycles. The zero-order valence-corrected chi connectivity index (χ0v) is 11.8. The standard InChI is InChI=1S/C17H19NO2/c1-13(15-10-6-7-11-16(15)20-2)18-17(19)12-14-8-4-3-5-9-14/h3-11,13H,12H2,1-2H3,(H,18,19). The maximum Gasteiger partial charge on any atom is 0.224 e. The molecule has 0 aliphatic carbocycles. The van der Waals surface area contributed by atoms with Crippen LogP contribution < -0.4 is 10.1 Å². The van der Waals surface area contributed by atoms with E-state index in [-0.39, 0.29) is 11.9 Å². The lowest BCUT2D eigenvalue weighted by molar-refractivity contribution is -0.121. The number of methoxy groups -OCH3 is 1. The molecule has 0 heterocycles. The highest BCUT2D eigenvalue weighted by Crippen LogP contribution is 2.24. The minimum Gasteiger partial charge on any atom is -0.496 e. The van der Waals surface area contributed by atoms with Crippen LogP contribution in [0.4, 0.5) is 0 Å². The normalized spacial score (nSPS) is 11.7. The summed E-state index contributed by atoms with van der Waals surface area (Å²) < 4.78 is 5.32. The maximum atomic E-state index is 12.0. The second-order valence-corrected chi connectivity index (χ2v) is 4.69. The van der Waals surface area contributed by atoms with E-state index in [0.29, 0.717) is 6.42 Å². The number of amides is 1. The van der Waals surface area contributed by atoms with E-state index in [2.05, 4.69) is 5.32 Å². The first-order valence-electron chi connectivity index (χ1n) is 6.67. The number of nitrogens with one attached hydrogen (secondary N) is 1. The Kier molecular flexibility index (Phi) is 4.77. The van der Waals surface area contributed by atoms with Gasteiger partial charge < -0.3 is 10.1 Å². The smallest absolute Gasteiger partial charge is 0.224 e. The largest absolute Gasteiger partial charge is 0.496 e. The lowest BCUT2D eigenvalue weighted by Crippen LogP contribution is -2.28. The molecule has 0 aliphatic rings. The number of carbonyl (C=O) groups is 1. The third-order valence-electron chi connectivity index (χ3n) is 3.19. The van der Waals surface area contributed by atoms with Crippen LogP contribution in [-0.2, 0) is 11.2 Å². The average molecular weight is 269 g/mol. The van der Waals surface area contributed by atoms with Gasteiger partial charge in [0.2, 0.25) is 5.91 Å². The van der Waals surface area contributed by atoms with Crippen molar-refractivity contribution < 1.29 is 9.53 Å². The summed E-state index contributed by atoms with van der Waals surface area (Å²) in [5, 5.41) is 3.00. The van der Waals surface area contributed by atoms with Crippen LogP contribution in [0.15, 0.2) is 54.6 Å². The molecule has 0 saturated heterocycles. The van der Waals surface area contributed by atoms with Gasteiger partial charge in [-0.15, -0.1) is 0 Å². The summed E-state index contributed by atoms with van der Waals surface area (Å²) in [5.41, 5.74) is 1.99. The molecule has 0 bridgehead atoms. The molecule has 0 aromatic heterocycles. The van der Waals surface area contributed by atoms with E-state index in [1.807, 2.05) is 61.5 Å². The van der Waals surface area contributed by atoms with Crippen molar-refractivity contribution >= 4 is 5.91 Å². The van der Waals surface area contributed by atoms with Gasteiger partial charge in [0.05, 0.1) is 19.6 Å². The highest BCUT2D eigenvalue weighted by molar-refractivity contribution is 5.79. The van der Waals surface area contributed by atoms with Gasteiger partial charge >= 0.3 is 0 Å². The zero-order chi connectivity index (χ0) is 14.4. The lowest BCUT2D eigenvalue weighted by Gasteiger charge is -2.17. The summed E-state index contributed by atoms with van der Waals surface area (Å²) >= 11 is 0. The number of rotatable bonds is 5. The molecular weight excluding hydrogens is 250 g/mol. The molecule has 1 unspecified atom stereocenters. The Morgan fingerprint density at radius 1 is 1.10 bits per heavy atom. The average Bonchev–Trinajstić information content (AvgIpc) is 2.48. The van der Waals surface area contributed by atoms with Crippen LogP contribution in [-0.4, -0.2) is 13.0 Å². The van der Waals surface area contributed by atoms with Crippen molar-refractivity contribution in [1.82, 2.24) is 5.32 Å². The minimum atomic E-state index is -0.0811. The SMILES string of the molecule is COc1ccccc1C(C)NC(=O)Cc1ccccc1. The molecule has 2 rings (SSSR count). The molecule has 104 valence electrons. The first-order chi connectivity index (χ1) is 9.70. The number of benzene rings is 2. The quantitative estimate of drug-likeness (QED) is 0.905. The molecule has 3 nitrogen and oxygen atoms in total. The fourth-order valence-electron chi connectivity index (χ4n) is 2.18. The van der Waals surface area contributed by atoms with E-state index in [4.69, 9.17) is 4.74 Å². The van der Waals surface area contributed by atoms with Crippen LogP contribution in [0.1, 0.15) is 24.1 Å². The van der Waals surface area contributed by atoms with Gasteiger partial charge in [-0.3, -0.25) is 4.79 Å². The van der Waals surface area contributed by atoms with Crippen molar-refractivity contribution in [1.29, 1.82) is 0 Å². The van der Waals surface area contributed by atoms with Crippen molar-refractivity contribution in [2.45, 2.75) is 19.4 Å². The topological polar surface area (TPSA) is 38.3 Å². The van der Waals surface area contributed by atoms with E-state index in [1.54, 1.807) is 7.11 Å². The summed E-state index contributed by atoms with van der Waals surface area (Å²) in [6.45, 7) is 1.96. The zero-order valence-electron chi connectivity index (χ0n) is 11.8. The Morgan fingerprint density at radius 2 is 1.75 bits per heavy atom. The van der Waals surface area contributed by atoms with Gasteiger partial charge in [-0.2, -0.15) is 0 Å². The maximum absolute atomic E-state index is 12.0. The molecule has 3 heteroatoms. The lowest BCUT2D eigenvalue weighted by atomic mass is 10.1. The van der Waals surface area contributed by atoms with E-state index < -0.39 is 0 Å². The summed E-state index contributed by atoms with van der Waals surface area (Å²) in [4.78, 5) is 12.0. The molecule has 1 amide bonds. The first-order valence-corrected chi connectivity index (χ1v) is 6.67. The highest BCUT2D eigenvalue weighted by Gasteiger charge is 2.13. The third kappa shape index (κ3) is 3.60. The van der Waals surface area contributed by atoms with Crippen molar-refractivity contribution in [2.24, 2.45) is 0 Å². The molecule has 2 aromatic rings. The molecule has 1 atom stereocenters. The van der Waals surface area contributed by atoms with Crippen LogP contribution in [0.2, 0.25) is 0 Å². The van der Waals surface area contributed by atoms with Crippen molar-refractivity contribution in [3.05, 3.63) is 65.7 Å². The predicted molar refractivity (Wildman–Crippen MR) is 79.7 cm³/mol. The van der Waals surface area contributed by atoms with Crippen LogP contribution in [0.3, 0.4) is 0 Å². The van der Waals surface area contributed by atoms with Crippen molar-refractivity contribution in [2.75, 3.05) is 7.11 Å². The Hall–Kier alpha value is -2.29. The molecule has 0 aliphatic heterocycles. The highest BCUT2D eigenvalue weighted by atomic mass is 16.5. The molecule has 0 radical (unpaired) electrons. The Morgan fingerprint density at radius 3 is 2.45 bits per heavy atom. The summed E-state index contributed by atoms with van der Waals surface area (Å²) in [6, 6.07) is 17.4. The Bertz CT molecular complexity index is 566. The van der Waals surface area contributed by atoms with E-state index >= 15 is 0 Å². The van der Waals surface area contributed by atoms with Crippen LogP contribution in [0.5, 0.6) is 5.75 Å². The van der Waals surface area contributed by atoms with Gasteiger partial charge in [-0.05, 0) is 18.6 Å². The summed E-state index contributed by atoms with van der Waals surface area (Å²) in [5.74, 6) is 0.801. The Labute approximate surface area is 119 Å². The van der Waals surface area contributed by atoms with E-state index in [1.165, 1.54) is 0 Å². The van der Waals surface area contributed by atoms with Gasteiger partial charge in [-0.25, -0.2) is 0 Å². The van der Waals surface area contributed by atoms with Gasteiger partial charge in [0.25, 0.3) is 0 Å². The van der Waals surface area contributed by atoms with E-state index in [0.717, 1.165) is 16.9 Å². The van der Waals surface area contributed by atoms with Crippen LogP contribution >= 0.6 is 0 Å². The van der Waals surface area contributed by atoms with Crippen molar-refractivity contribution in [3.8, 4) is 5.75 Å². The summed E-state index contributed by atoms with van der Waals surface area (Å²) in [6.07, 6.45) is 0.389. The number of hydrogen-bond donors (Lipinski definition) is 1. The molecule has 20 heavy (non-hydrogen) atoms. The molecule has 2 aromatic carbocycles. The second-order valence-electron chi connectivity index (χ2n) is 4.69. The third-order valence-corrected chi connectivity index (χ3v) is 3.19. The number of hydrogen-bond acceptors (Lipinski definition) is 2. The first kappa shape index (κ1) is 14.1. The fraction of sp³-hybridized carbons (Fsp3) is 0.235. The number of ether oxygens (including phenoxy) is 1. The van der Waals surface area contributed by atoms with E-state index in [9.17, 15) is 4.79 Å². The summed E-state index contributed by atoms with van der Waals surface area (Å²) in [7, 11) is 1.64. The fourth-order valence-corrected chi connectivity index (χ4v) is 2.18. The minimum absolute atomic E-state index is 0.00889. The van der Waals surface area contributed by atoms with Crippen LogP contribution in [0, 0.1) is 0 Å². The van der Waals surface area contributed by atoms with Gasteiger partial charge in [0.15, 0.2) is 0 Å². The van der Waals surface area contributed by atoms with Gasteiger partial charge in [0, 0.05) is 5.56 Å². The molecule has 0 fully saturated rings. The van der Waals surface area contributed by atoms with Gasteiger partial charge in [0.1, 0.15) is 5.75 Å². The van der Waals surface area contributed by atoms with Gasteiger partial charge in [-0.1, -0.05) is 48.5 Å². The van der Waals surface area contributed by atoms with Crippen LogP contribution in [0.25, 0.3) is 0 Å². The molecule has 0 spiro atoms. The van der Waals surface area contributed by atoms with Crippen molar-refractivity contribution in [3.63, 3.8) is 0 Å². The Balaban J connectivity index is 2.00.